The molecule has 1 unspecified atom stereocenters. The van der Waals surface area contributed by atoms with Gasteiger partial charge in [0.1, 0.15) is 0 Å². The van der Waals surface area contributed by atoms with E-state index >= 15 is 0 Å². The Morgan fingerprint density at radius 1 is 1.24 bits per heavy atom. The molecule has 1 aromatic carbocycles. The van der Waals surface area contributed by atoms with Crippen molar-refractivity contribution in [3.63, 3.8) is 0 Å². The van der Waals surface area contributed by atoms with Crippen molar-refractivity contribution in [2.75, 3.05) is 13.1 Å². The predicted octanol–water partition coefficient (Wildman–Crippen LogP) is 1.10. The lowest BCUT2D eigenvalue weighted by Crippen LogP contribution is -2.56. The topological polar surface area (TPSA) is 105 Å². The molecule has 136 valence electrons. The number of aryl methyl sites for hydroxylation is 1. The minimum Gasteiger partial charge on any atom is -0.356 e. The molecule has 0 saturated heterocycles. The van der Waals surface area contributed by atoms with Crippen LogP contribution in [0.1, 0.15) is 31.4 Å². The molecule has 0 bridgehead atoms. The lowest BCUT2D eigenvalue weighted by molar-refractivity contribution is -0.116. The summed E-state index contributed by atoms with van der Waals surface area (Å²) in [5.74, 6) is -0.282. The molecule has 1 heterocycles. The van der Waals surface area contributed by atoms with E-state index in [2.05, 4.69) is 26.6 Å². The number of rotatable bonds is 4. The van der Waals surface area contributed by atoms with Crippen molar-refractivity contribution in [2.24, 2.45) is 5.73 Å². The molecule has 7 nitrogen and oxygen atoms in total. The summed E-state index contributed by atoms with van der Waals surface area (Å²) in [4.78, 5) is 12.6. The second kappa shape index (κ2) is 6.71. The summed E-state index contributed by atoms with van der Waals surface area (Å²) in [7, 11) is -3.64. The van der Waals surface area contributed by atoms with Crippen LogP contribution in [0.4, 0.5) is 0 Å². The fourth-order valence-electron chi connectivity index (χ4n) is 3.32. The van der Waals surface area contributed by atoms with Crippen LogP contribution in [0.15, 0.2) is 27.2 Å². The van der Waals surface area contributed by atoms with Gasteiger partial charge in [-0.05, 0) is 52.0 Å². The average Bonchev–Trinajstić information content (AvgIpc) is 2.54. The van der Waals surface area contributed by atoms with Gasteiger partial charge in [0.25, 0.3) is 5.91 Å². The zero-order valence-electron chi connectivity index (χ0n) is 14.1. The van der Waals surface area contributed by atoms with Gasteiger partial charge in [-0.2, -0.15) is 4.31 Å². The number of nitrogens with one attached hydrogen (secondary N) is 2. The number of benzene rings is 1. The number of amides is 1. The maximum atomic E-state index is 12.9. The van der Waals surface area contributed by atoms with Crippen LogP contribution in [0, 0.1) is 0 Å². The molecule has 2 aliphatic rings. The Labute approximate surface area is 155 Å². The zero-order valence-corrected chi connectivity index (χ0v) is 16.5. The summed E-state index contributed by atoms with van der Waals surface area (Å²) >= 11 is 3.39. The van der Waals surface area contributed by atoms with Gasteiger partial charge in [-0.25, -0.2) is 8.42 Å². The third-order valence-electron chi connectivity index (χ3n) is 4.54. The Morgan fingerprint density at radius 3 is 2.56 bits per heavy atom. The first kappa shape index (κ1) is 18.4. The second-order valence-corrected chi connectivity index (χ2v) is 8.74. The van der Waals surface area contributed by atoms with E-state index in [-0.39, 0.29) is 10.8 Å². The van der Waals surface area contributed by atoms with E-state index < -0.39 is 16.3 Å². The lowest BCUT2D eigenvalue weighted by Gasteiger charge is -2.32. The minimum absolute atomic E-state index is 0.173. The standard InChI is InChI=1S/C16H21BrN4O3S/c1-3-21(4-2)25(23,24)13-8-10-9(7-11(13)17)5-6-12-14(10)15(22)20-16(18)19-12/h7-8,16,19H,3-6,18H2,1-2H3,(H,20,22). The Balaban J connectivity index is 2.18. The Morgan fingerprint density at radius 2 is 1.92 bits per heavy atom. The molecule has 0 saturated carbocycles. The third kappa shape index (κ3) is 3.10. The number of sulfonamides is 1. The van der Waals surface area contributed by atoms with Crippen molar-refractivity contribution in [1.82, 2.24) is 14.9 Å². The molecule has 0 aromatic heterocycles. The van der Waals surface area contributed by atoms with Crippen molar-refractivity contribution in [3.8, 4) is 0 Å². The van der Waals surface area contributed by atoms with Crippen LogP contribution in [0.25, 0.3) is 5.57 Å². The van der Waals surface area contributed by atoms with Crippen LogP contribution in [0.3, 0.4) is 0 Å². The highest BCUT2D eigenvalue weighted by Gasteiger charge is 2.33. The van der Waals surface area contributed by atoms with E-state index in [4.69, 9.17) is 5.73 Å². The largest absolute Gasteiger partial charge is 0.356 e. The molecular weight excluding hydrogens is 408 g/mol. The SMILES string of the molecule is CCN(CC)S(=O)(=O)c1cc2c(cc1Br)CCC1=C2C(=O)NC(N)N1. The summed E-state index contributed by atoms with van der Waals surface area (Å²) in [5, 5.41) is 5.70. The number of hydrogen-bond donors (Lipinski definition) is 3. The number of hydrogen-bond acceptors (Lipinski definition) is 5. The summed E-state index contributed by atoms with van der Waals surface area (Å²) in [6, 6.07) is 3.40. The number of allylic oxidation sites excluding steroid dienone is 1. The van der Waals surface area contributed by atoms with E-state index in [1.54, 1.807) is 26.0 Å². The number of nitrogens with zero attached hydrogens (tertiary/aromatic N) is 1. The number of carbonyl (C=O) groups excluding carboxylic acids is 1. The summed E-state index contributed by atoms with van der Waals surface area (Å²) in [6.07, 6.45) is 0.755. The van der Waals surface area contributed by atoms with Crippen LogP contribution < -0.4 is 16.4 Å². The van der Waals surface area contributed by atoms with Crippen molar-refractivity contribution in [3.05, 3.63) is 33.4 Å². The summed E-state index contributed by atoms with van der Waals surface area (Å²) in [5.41, 5.74) is 8.59. The molecule has 25 heavy (non-hydrogen) atoms. The van der Waals surface area contributed by atoms with E-state index in [0.29, 0.717) is 41.5 Å². The molecule has 1 aliphatic carbocycles. The van der Waals surface area contributed by atoms with E-state index in [0.717, 1.165) is 11.3 Å². The third-order valence-corrected chi connectivity index (χ3v) is 7.55. The quantitative estimate of drug-likeness (QED) is 0.665. The van der Waals surface area contributed by atoms with Crippen molar-refractivity contribution in [2.45, 2.75) is 37.9 Å². The Kier molecular flexibility index (Phi) is 4.93. The van der Waals surface area contributed by atoms with Crippen LogP contribution in [0.5, 0.6) is 0 Å². The zero-order chi connectivity index (χ0) is 18.4. The minimum atomic E-state index is -3.64. The number of nitrogens with two attached hydrogens (primary N) is 1. The fourth-order valence-corrected chi connectivity index (χ4v) is 5.86. The maximum Gasteiger partial charge on any atom is 0.256 e. The van der Waals surface area contributed by atoms with Crippen LogP contribution in [0.2, 0.25) is 0 Å². The fraction of sp³-hybridized carbons (Fsp3) is 0.438. The van der Waals surface area contributed by atoms with Crippen LogP contribution >= 0.6 is 15.9 Å². The van der Waals surface area contributed by atoms with E-state index in [9.17, 15) is 13.2 Å². The smallest absolute Gasteiger partial charge is 0.256 e. The van der Waals surface area contributed by atoms with Gasteiger partial charge in [-0.15, -0.1) is 0 Å². The summed E-state index contributed by atoms with van der Waals surface area (Å²) < 4.78 is 27.8. The second-order valence-electron chi connectivity index (χ2n) is 5.98. The molecule has 0 radical (unpaired) electrons. The average molecular weight is 429 g/mol. The van der Waals surface area contributed by atoms with Gasteiger partial charge in [-0.1, -0.05) is 13.8 Å². The predicted molar refractivity (Wildman–Crippen MR) is 98.7 cm³/mol. The van der Waals surface area contributed by atoms with E-state index in [1.807, 2.05) is 0 Å². The van der Waals surface area contributed by atoms with Crippen molar-refractivity contribution < 1.29 is 13.2 Å². The molecule has 4 N–H and O–H groups in total. The molecule has 1 aliphatic heterocycles. The number of carbonyl (C=O) groups is 1. The highest BCUT2D eigenvalue weighted by Crippen LogP contribution is 2.37. The van der Waals surface area contributed by atoms with Crippen molar-refractivity contribution in [1.29, 1.82) is 0 Å². The van der Waals surface area contributed by atoms with Gasteiger partial charge in [0.15, 0.2) is 6.29 Å². The molecule has 1 amide bonds. The molecule has 9 heteroatoms. The highest BCUT2D eigenvalue weighted by atomic mass is 79.9. The van der Waals surface area contributed by atoms with Crippen LogP contribution in [-0.2, 0) is 21.2 Å². The first-order valence-corrected chi connectivity index (χ1v) is 10.4. The van der Waals surface area contributed by atoms with Gasteiger partial charge in [0.2, 0.25) is 10.0 Å². The monoisotopic (exact) mass is 428 g/mol. The highest BCUT2D eigenvalue weighted by molar-refractivity contribution is 9.10. The maximum absolute atomic E-state index is 12.9. The van der Waals surface area contributed by atoms with Crippen LogP contribution in [-0.4, -0.2) is 38.0 Å². The van der Waals surface area contributed by atoms with Gasteiger partial charge < -0.3 is 10.6 Å². The molecule has 3 rings (SSSR count). The van der Waals surface area contributed by atoms with Crippen molar-refractivity contribution >= 4 is 37.4 Å². The molecule has 1 aromatic rings. The molecule has 1 atom stereocenters. The normalized spacial score (nSPS) is 20.0. The Hall–Kier alpha value is -1.42. The first-order valence-electron chi connectivity index (χ1n) is 8.18. The molecule has 0 spiro atoms. The van der Waals surface area contributed by atoms with Gasteiger partial charge in [-0.3, -0.25) is 10.5 Å². The van der Waals surface area contributed by atoms with E-state index in [1.165, 1.54) is 4.31 Å². The first-order chi connectivity index (χ1) is 11.8. The lowest BCUT2D eigenvalue weighted by atomic mass is 9.87. The van der Waals surface area contributed by atoms with Gasteiger partial charge in [0.05, 0.1) is 10.5 Å². The molecule has 0 fully saturated rings. The number of halogens is 1. The van der Waals surface area contributed by atoms with Gasteiger partial charge in [0, 0.05) is 23.3 Å². The number of fused-ring (bicyclic) bond motifs is 2. The Bertz CT molecular complexity index is 862. The van der Waals surface area contributed by atoms with Gasteiger partial charge >= 0.3 is 0 Å². The summed E-state index contributed by atoms with van der Waals surface area (Å²) in [6.45, 7) is 4.36. The molecular formula is C16H21BrN4O3S.